The van der Waals surface area contributed by atoms with Crippen LogP contribution in [0.3, 0.4) is 0 Å². The van der Waals surface area contributed by atoms with E-state index in [0.29, 0.717) is 29.0 Å². The van der Waals surface area contributed by atoms with Crippen molar-refractivity contribution in [3.05, 3.63) is 34.4 Å². The number of carbonyl (C=O) groups excluding carboxylic acids is 2. The third-order valence-corrected chi connectivity index (χ3v) is 2.61. The Kier molecular flexibility index (Phi) is 3.89. The standard InChI is InChI=1S/C13H18N2O2/c1-7(2)4-9-6-10(12(14)16)8(3)5-11(9)13(15)17/h5-7H,4H2,1-3H3,(H2,14,16)(H2,15,17). The van der Waals surface area contributed by atoms with Gasteiger partial charge in [0.15, 0.2) is 0 Å². The maximum atomic E-state index is 11.3. The van der Waals surface area contributed by atoms with E-state index in [9.17, 15) is 9.59 Å². The molecule has 1 rings (SSSR count). The smallest absolute Gasteiger partial charge is 0.248 e. The Labute approximate surface area is 101 Å². The minimum Gasteiger partial charge on any atom is -0.366 e. The molecule has 0 radical (unpaired) electrons. The SMILES string of the molecule is Cc1cc(C(N)=O)c(CC(C)C)cc1C(N)=O. The van der Waals surface area contributed by atoms with Crippen LogP contribution in [0.25, 0.3) is 0 Å². The van der Waals surface area contributed by atoms with Crippen molar-refractivity contribution in [1.29, 1.82) is 0 Å². The van der Waals surface area contributed by atoms with E-state index >= 15 is 0 Å². The van der Waals surface area contributed by atoms with Gasteiger partial charge in [-0.05, 0) is 42.5 Å². The van der Waals surface area contributed by atoms with Gasteiger partial charge in [-0.2, -0.15) is 0 Å². The molecule has 4 nitrogen and oxygen atoms in total. The maximum absolute atomic E-state index is 11.3. The van der Waals surface area contributed by atoms with Crippen LogP contribution in [-0.2, 0) is 6.42 Å². The quantitative estimate of drug-likeness (QED) is 0.824. The Morgan fingerprint density at radius 2 is 1.65 bits per heavy atom. The molecule has 1 aromatic carbocycles. The van der Waals surface area contributed by atoms with Gasteiger partial charge in [0.1, 0.15) is 0 Å². The lowest BCUT2D eigenvalue weighted by atomic mass is 9.93. The predicted molar refractivity (Wildman–Crippen MR) is 66.8 cm³/mol. The van der Waals surface area contributed by atoms with Gasteiger partial charge < -0.3 is 11.5 Å². The van der Waals surface area contributed by atoms with Crippen molar-refractivity contribution in [2.45, 2.75) is 27.2 Å². The van der Waals surface area contributed by atoms with Crippen molar-refractivity contribution in [2.24, 2.45) is 17.4 Å². The Morgan fingerprint density at radius 1 is 1.12 bits per heavy atom. The van der Waals surface area contributed by atoms with Crippen LogP contribution in [-0.4, -0.2) is 11.8 Å². The molecule has 92 valence electrons. The molecule has 0 spiro atoms. The monoisotopic (exact) mass is 234 g/mol. The zero-order valence-electron chi connectivity index (χ0n) is 10.4. The van der Waals surface area contributed by atoms with Crippen LogP contribution in [0.15, 0.2) is 12.1 Å². The van der Waals surface area contributed by atoms with E-state index in [4.69, 9.17) is 11.5 Å². The first-order chi connectivity index (χ1) is 7.82. The van der Waals surface area contributed by atoms with Crippen LogP contribution in [0.2, 0.25) is 0 Å². The normalized spacial score (nSPS) is 10.6. The van der Waals surface area contributed by atoms with E-state index in [1.165, 1.54) is 0 Å². The fourth-order valence-electron chi connectivity index (χ4n) is 1.86. The Balaban J connectivity index is 3.36. The van der Waals surface area contributed by atoms with Crippen molar-refractivity contribution in [1.82, 2.24) is 0 Å². The molecule has 0 aromatic heterocycles. The first-order valence-corrected chi connectivity index (χ1v) is 5.56. The highest BCUT2D eigenvalue weighted by Gasteiger charge is 2.15. The topological polar surface area (TPSA) is 86.2 Å². The van der Waals surface area contributed by atoms with Gasteiger partial charge in [-0.1, -0.05) is 13.8 Å². The van der Waals surface area contributed by atoms with E-state index in [-0.39, 0.29) is 0 Å². The fourth-order valence-corrected chi connectivity index (χ4v) is 1.86. The summed E-state index contributed by atoms with van der Waals surface area (Å²) < 4.78 is 0. The fraction of sp³-hybridized carbons (Fsp3) is 0.385. The second-order valence-electron chi connectivity index (χ2n) is 4.65. The Hall–Kier alpha value is -1.84. The van der Waals surface area contributed by atoms with Crippen molar-refractivity contribution < 1.29 is 9.59 Å². The number of amides is 2. The summed E-state index contributed by atoms with van der Waals surface area (Å²) in [6, 6.07) is 3.32. The van der Waals surface area contributed by atoms with E-state index in [1.807, 2.05) is 13.8 Å². The zero-order chi connectivity index (χ0) is 13.2. The Bertz CT molecular complexity index is 465. The van der Waals surface area contributed by atoms with E-state index < -0.39 is 11.8 Å². The van der Waals surface area contributed by atoms with Crippen LogP contribution < -0.4 is 11.5 Å². The highest BCUT2D eigenvalue weighted by molar-refractivity contribution is 5.99. The van der Waals surface area contributed by atoms with Gasteiger partial charge in [-0.15, -0.1) is 0 Å². The van der Waals surface area contributed by atoms with Crippen LogP contribution in [0.5, 0.6) is 0 Å². The minimum absolute atomic E-state index is 0.372. The summed E-state index contributed by atoms with van der Waals surface area (Å²) in [4.78, 5) is 22.6. The number of primary amides is 2. The lowest BCUT2D eigenvalue weighted by Crippen LogP contribution is -2.19. The predicted octanol–water partition coefficient (Wildman–Crippen LogP) is 1.39. The summed E-state index contributed by atoms with van der Waals surface area (Å²) in [6.45, 7) is 5.81. The molecule has 0 aliphatic heterocycles. The molecule has 1 aromatic rings. The largest absolute Gasteiger partial charge is 0.366 e. The molecule has 0 saturated carbocycles. The first-order valence-electron chi connectivity index (χ1n) is 5.56. The van der Waals surface area contributed by atoms with Gasteiger partial charge in [0, 0.05) is 11.1 Å². The highest BCUT2D eigenvalue weighted by Crippen LogP contribution is 2.19. The summed E-state index contributed by atoms with van der Waals surface area (Å²) in [5, 5.41) is 0. The molecule has 0 heterocycles. The van der Waals surface area contributed by atoms with Gasteiger partial charge >= 0.3 is 0 Å². The molecule has 17 heavy (non-hydrogen) atoms. The van der Waals surface area contributed by atoms with Crippen LogP contribution in [0.4, 0.5) is 0 Å². The number of carbonyl (C=O) groups is 2. The van der Waals surface area contributed by atoms with Gasteiger partial charge in [0.2, 0.25) is 11.8 Å². The molecule has 4 N–H and O–H groups in total. The molecule has 0 aliphatic carbocycles. The number of nitrogens with two attached hydrogens (primary N) is 2. The molecule has 0 fully saturated rings. The number of aryl methyl sites for hydroxylation is 1. The van der Waals surface area contributed by atoms with Gasteiger partial charge in [-0.25, -0.2) is 0 Å². The molecule has 0 unspecified atom stereocenters. The van der Waals surface area contributed by atoms with Crippen LogP contribution >= 0.6 is 0 Å². The average Bonchev–Trinajstić information content (AvgIpc) is 2.18. The number of benzene rings is 1. The summed E-state index contributed by atoms with van der Waals surface area (Å²) in [5.74, 6) is -0.583. The molecule has 0 atom stereocenters. The summed E-state index contributed by atoms with van der Waals surface area (Å²) >= 11 is 0. The van der Waals surface area contributed by atoms with E-state index in [2.05, 4.69) is 0 Å². The third-order valence-electron chi connectivity index (χ3n) is 2.61. The molecule has 4 heteroatoms. The van der Waals surface area contributed by atoms with Crippen LogP contribution in [0.1, 0.15) is 45.7 Å². The molecule has 2 amide bonds. The number of rotatable bonds is 4. The molecular weight excluding hydrogens is 216 g/mol. The number of hydrogen-bond donors (Lipinski definition) is 2. The second kappa shape index (κ2) is 4.99. The summed E-state index contributed by atoms with van der Waals surface area (Å²) in [5.41, 5.74) is 13.0. The molecule has 0 bridgehead atoms. The molecular formula is C13H18N2O2. The van der Waals surface area contributed by atoms with Gasteiger partial charge in [0.25, 0.3) is 0 Å². The lowest BCUT2D eigenvalue weighted by Gasteiger charge is -2.12. The number of hydrogen-bond acceptors (Lipinski definition) is 2. The first kappa shape index (κ1) is 13.2. The van der Waals surface area contributed by atoms with Crippen molar-refractivity contribution >= 4 is 11.8 Å². The van der Waals surface area contributed by atoms with Gasteiger partial charge in [-0.3, -0.25) is 9.59 Å². The third kappa shape index (κ3) is 3.06. The highest BCUT2D eigenvalue weighted by atomic mass is 16.1. The summed E-state index contributed by atoms with van der Waals surface area (Å²) in [7, 11) is 0. The van der Waals surface area contributed by atoms with E-state index in [0.717, 1.165) is 5.56 Å². The Morgan fingerprint density at radius 3 is 2.06 bits per heavy atom. The minimum atomic E-state index is -0.483. The summed E-state index contributed by atoms with van der Waals surface area (Å²) in [6.07, 6.45) is 0.693. The lowest BCUT2D eigenvalue weighted by molar-refractivity contribution is 0.0987. The van der Waals surface area contributed by atoms with Crippen LogP contribution in [0, 0.1) is 12.8 Å². The second-order valence-corrected chi connectivity index (χ2v) is 4.65. The van der Waals surface area contributed by atoms with E-state index in [1.54, 1.807) is 19.1 Å². The average molecular weight is 234 g/mol. The molecule has 0 saturated heterocycles. The van der Waals surface area contributed by atoms with Gasteiger partial charge in [0.05, 0.1) is 0 Å². The van der Waals surface area contributed by atoms with Crippen molar-refractivity contribution in [2.75, 3.05) is 0 Å². The van der Waals surface area contributed by atoms with Crippen molar-refractivity contribution in [3.63, 3.8) is 0 Å². The van der Waals surface area contributed by atoms with Crippen molar-refractivity contribution in [3.8, 4) is 0 Å². The zero-order valence-corrected chi connectivity index (χ0v) is 10.4. The molecule has 0 aliphatic rings. The maximum Gasteiger partial charge on any atom is 0.248 e.